The maximum atomic E-state index is 12.5. The lowest BCUT2D eigenvalue weighted by Gasteiger charge is -2.34. The van der Waals surface area contributed by atoms with Gasteiger partial charge in [0.25, 0.3) is 5.91 Å². The second-order valence-corrected chi connectivity index (χ2v) is 6.27. The SMILES string of the molecule is Cl.O=C(O)CNC(=O)CN1CCN(C(=O)c2cc(Cl)cc(Cl)c2)CC1. The largest absolute Gasteiger partial charge is 0.480 e. The van der Waals surface area contributed by atoms with Crippen molar-refractivity contribution in [3.63, 3.8) is 0 Å². The molecule has 2 N–H and O–H groups in total. The van der Waals surface area contributed by atoms with Gasteiger partial charge in [-0.25, -0.2) is 0 Å². The first-order valence-corrected chi connectivity index (χ1v) is 8.07. The molecule has 1 aromatic rings. The third-order valence-electron chi connectivity index (χ3n) is 3.57. The van der Waals surface area contributed by atoms with Crippen molar-refractivity contribution in [1.82, 2.24) is 15.1 Å². The Hall–Kier alpha value is -1.54. The monoisotopic (exact) mass is 409 g/mol. The molecular weight excluding hydrogens is 393 g/mol. The highest BCUT2D eigenvalue weighted by molar-refractivity contribution is 6.35. The van der Waals surface area contributed by atoms with Gasteiger partial charge in [0.15, 0.2) is 0 Å². The van der Waals surface area contributed by atoms with E-state index < -0.39 is 12.5 Å². The van der Waals surface area contributed by atoms with Crippen molar-refractivity contribution >= 4 is 53.4 Å². The van der Waals surface area contributed by atoms with Gasteiger partial charge in [0.1, 0.15) is 6.54 Å². The Kier molecular flexibility index (Phi) is 8.44. The number of rotatable bonds is 5. The van der Waals surface area contributed by atoms with Gasteiger partial charge in [-0.2, -0.15) is 0 Å². The Balaban J connectivity index is 0.00000312. The summed E-state index contributed by atoms with van der Waals surface area (Å²) in [5.41, 5.74) is 0.431. The van der Waals surface area contributed by atoms with E-state index in [1.54, 1.807) is 23.1 Å². The van der Waals surface area contributed by atoms with Crippen LogP contribution in [0.4, 0.5) is 0 Å². The standard InChI is InChI=1S/C15H17Cl2N3O4.ClH/c16-11-5-10(6-12(17)7-11)15(24)20-3-1-19(2-4-20)9-13(21)18-8-14(22)23;/h5-7H,1-4,8-9H2,(H,18,21)(H,22,23);1H. The topological polar surface area (TPSA) is 89.9 Å². The number of carboxylic acid groups (broad SMARTS) is 1. The molecule has 0 spiro atoms. The molecule has 1 fully saturated rings. The number of hydrogen-bond donors (Lipinski definition) is 2. The van der Waals surface area contributed by atoms with Gasteiger partial charge in [-0.15, -0.1) is 12.4 Å². The van der Waals surface area contributed by atoms with E-state index >= 15 is 0 Å². The molecule has 1 aliphatic heterocycles. The predicted molar refractivity (Wildman–Crippen MR) is 96.7 cm³/mol. The zero-order chi connectivity index (χ0) is 17.7. The van der Waals surface area contributed by atoms with Gasteiger partial charge < -0.3 is 15.3 Å². The van der Waals surface area contributed by atoms with E-state index in [-0.39, 0.29) is 30.8 Å². The molecular formula is C15H18Cl3N3O4. The Labute approximate surface area is 161 Å². The Bertz CT molecular complexity index is 629. The van der Waals surface area contributed by atoms with E-state index in [4.69, 9.17) is 28.3 Å². The van der Waals surface area contributed by atoms with Gasteiger partial charge in [0, 0.05) is 41.8 Å². The molecule has 25 heavy (non-hydrogen) atoms. The number of amides is 2. The van der Waals surface area contributed by atoms with Crippen LogP contribution in [-0.4, -0.2) is 72.0 Å². The fourth-order valence-corrected chi connectivity index (χ4v) is 2.93. The van der Waals surface area contributed by atoms with Crippen LogP contribution >= 0.6 is 35.6 Å². The van der Waals surface area contributed by atoms with Crippen molar-refractivity contribution in [3.05, 3.63) is 33.8 Å². The summed E-state index contributed by atoms with van der Waals surface area (Å²) in [4.78, 5) is 38.0. The number of nitrogens with zero attached hydrogens (tertiary/aromatic N) is 2. The highest BCUT2D eigenvalue weighted by Gasteiger charge is 2.23. The number of halogens is 3. The van der Waals surface area contributed by atoms with Crippen LogP contribution in [0, 0.1) is 0 Å². The van der Waals surface area contributed by atoms with E-state index in [2.05, 4.69) is 5.32 Å². The molecule has 1 aliphatic rings. The number of piperazine rings is 1. The van der Waals surface area contributed by atoms with Crippen LogP contribution in [0.15, 0.2) is 18.2 Å². The molecule has 10 heteroatoms. The van der Waals surface area contributed by atoms with Gasteiger partial charge in [-0.3, -0.25) is 19.3 Å². The highest BCUT2D eigenvalue weighted by atomic mass is 35.5. The lowest BCUT2D eigenvalue weighted by atomic mass is 10.2. The molecule has 0 unspecified atom stereocenters. The van der Waals surface area contributed by atoms with Crippen LogP contribution in [0.2, 0.25) is 10.0 Å². The van der Waals surface area contributed by atoms with E-state index in [0.29, 0.717) is 41.8 Å². The van der Waals surface area contributed by atoms with Gasteiger partial charge in [-0.05, 0) is 18.2 Å². The fourth-order valence-electron chi connectivity index (χ4n) is 2.40. The van der Waals surface area contributed by atoms with Crippen LogP contribution < -0.4 is 5.32 Å². The van der Waals surface area contributed by atoms with E-state index in [0.717, 1.165) is 0 Å². The number of aliphatic carboxylic acids is 1. The minimum absolute atomic E-state index is 0. The lowest BCUT2D eigenvalue weighted by Crippen LogP contribution is -2.51. The Morgan fingerprint density at radius 1 is 1.04 bits per heavy atom. The first kappa shape index (κ1) is 21.5. The third-order valence-corrected chi connectivity index (χ3v) is 4.01. The number of benzene rings is 1. The van der Waals surface area contributed by atoms with Crippen molar-refractivity contribution in [2.24, 2.45) is 0 Å². The van der Waals surface area contributed by atoms with Crippen LogP contribution in [0.25, 0.3) is 0 Å². The zero-order valence-corrected chi connectivity index (χ0v) is 15.5. The Morgan fingerprint density at radius 3 is 2.12 bits per heavy atom. The average molecular weight is 411 g/mol. The second kappa shape index (κ2) is 9.82. The molecule has 0 radical (unpaired) electrons. The van der Waals surface area contributed by atoms with Crippen molar-refractivity contribution in [2.45, 2.75) is 0 Å². The number of carbonyl (C=O) groups excluding carboxylic acids is 2. The van der Waals surface area contributed by atoms with Crippen molar-refractivity contribution < 1.29 is 19.5 Å². The third kappa shape index (κ3) is 6.70. The van der Waals surface area contributed by atoms with Crippen molar-refractivity contribution in [2.75, 3.05) is 39.3 Å². The molecule has 0 saturated carbocycles. The molecule has 2 amide bonds. The smallest absolute Gasteiger partial charge is 0.322 e. The summed E-state index contributed by atoms with van der Waals surface area (Å²) in [6.07, 6.45) is 0. The average Bonchev–Trinajstić information content (AvgIpc) is 2.52. The van der Waals surface area contributed by atoms with Crippen LogP contribution in [0.3, 0.4) is 0 Å². The minimum Gasteiger partial charge on any atom is -0.480 e. The van der Waals surface area contributed by atoms with E-state index in [1.807, 2.05) is 4.90 Å². The van der Waals surface area contributed by atoms with Crippen LogP contribution in [0.1, 0.15) is 10.4 Å². The van der Waals surface area contributed by atoms with Gasteiger partial charge in [-0.1, -0.05) is 23.2 Å². The van der Waals surface area contributed by atoms with Crippen molar-refractivity contribution in [1.29, 1.82) is 0 Å². The molecule has 0 bridgehead atoms. The molecule has 0 atom stereocenters. The summed E-state index contributed by atoms with van der Waals surface area (Å²) in [6.45, 7) is 1.70. The minimum atomic E-state index is -1.08. The summed E-state index contributed by atoms with van der Waals surface area (Å²) < 4.78 is 0. The quantitative estimate of drug-likeness (QED) is 0.765. The first-order valence-electron chi connectivity index (χ1n) is 7.31. The van der Waals surface area contributed by atoms with Crippen LogP contribution in [0.5, 0.6) is 0 Å². The second-order valence-electron chi connectivity index (χ2n) is 5.40. The molecule has 138 valence electrons. The normalized spacial score (nSPS) is 14.6. The molecule has 1 saturated heterocycles. The van der Waals surface area contributed by atoms with Crippen molar-refractivity contribution in [3.8, 4) is 0 Å². The number of nitrogens with one attached hydrogen (secondary N) is 1. The maximum Gasteiger partial charge on any atom is 0.322 e. The summed E-state index contributed by atoms with van der Waals surface area (Å²) in [7, 11) is 0. The van der Waals surface area contributed by atoms with Gasteiger partial charge >= 0.3 is 5.97 Å². The van der Waals surface area contributed by atoms with Crippen LogP contribution in [-0.2, 0) is 9.59 Å². The number of carboxylic acids is 1. The molecule has 1 aromatic carbocycles. The molecule has 0 aliphatic carbocycles. The van der Waals surface area contributed by atoms with Gasteiger partial charge in [0.05, 0.1) is 6.54 Å². The summed E-state index contributed by atoms with van der Waals surface area (Å²) in [5.74, 6) is -1.59. The predicted octanol–water partition coefficient (Wildman–Crippen LogP) is 1.37. The number of carbonyl (C=O) groups is 3. The maximum absolute atomic E-state index is 12.5. The first-order chi connectivity index (χ1) is 11.3. The summed E-state index contributed by atoms with van der Waals surface area (Å²) >= 11 is 11.8. The lowest BCUT2D eigenvalue weighted by molar-refractivity contribution is -0.138. The highest BCUT2D eigenvalue weighted by Crippen LogP contribution is 2.20. The molecule has 0 aromatic heterocycles. The summed E-state index contributed by atoms with van der Waals surface area (Å²) in [6, 6.07) is 4.70. The van der Waals surface area contributed by atoms with Gasteiger partial charge in [0.2, 0.25) is 5.91 Å². The molecule has 7 nitrogen and oxygen atoms in total. The molecule has 1 heterocycles. The summed E-state index contributed by atoms with van der Waals surface area (Å²) in [5, 5.41) is 11.6. The van der Waals surface area contributed by atoms with E-state index in [1.165, 1.54) is 0 Å². The van der Waals surface area contributed by atoms with E-state index in [9.17, 15) is 14.4 Å². The Morgan fingerprint density at radius 2 is 1.60 bits per heavy atom. The zero-order valence-electron chi connectivity index (χ0n) is 13.2. The number of hydrogen-bond acceptors (Lipinski definition) is 4. The fraction of sp³-hybridized carbons (Fsp3) is 0.400. The molecule has 2 rings (SSSR count).